The van der Waals surface area contributed by atoms with Gasteiger partial charge in [0.25, 0.3) is 11.8 Å². The highest BCUT2D eigenvalue weighted by atomic mass is 35.5. The Labute approximate surface area is 202 Å². The van der Waals surface area contributed by atoms with Crippen LogP contribution in [0.3, 0.4) is 0 Å². The van der Waals surface area contributed by atoms with E-state index >= 15 is 0 Å². The van der Waals surface area contributed by atoms with Crippen molar-refractivity contribution in [3.8, 4) is 0 Å². The number of halogens is 4. The number of nitrogens with zero attached hydrogens (tertiary/aromatic N) is 1. The first-order chi connectivity index (χ1) is 15.2. The van der Waals surface area contributed by atoms with Gasteiger partial charge in [-0.2, -0.15) is 0 Å². The molecule has 2 aromatic rings. The molecule has 3 amide bonds. The molecule has 0 unspecified atom stereocenters. The van der Waals surface area contributed by atoms with Crippen molar-refractivity contribution in [2.24, 2.45) is 5.92 Å². The van der Waals surface area contributed by atoms with Crippen molar-refractivity contribution in [3.63, 3.8) is 0 Å². The van der Waals surface area contributed by atoms with Gasteiger partial charge in [0.05, 0.1) is 38.8 Å². The van der Waals surface area contributed by atoms with Crippen molar-refractivity contribution in [2.45, 2.75) is 6.42 Å². The zero-order valence-electron chi connectivity index (χ0n) is 16.2. The maximum absolute atomic E-state index is 12.4. The maximum Gasteiger partial charge on any atom is 0.311 e. The molecule has 1 heterocycles. The first-order valence-corrected chi connectivity index (χ1v) is 10.6. The minimum atomic E-state index is -0.856. The van der Waals surface area contributed by atoms with Gasteiger partial charge in [0, 0.05) is 11.4 Å². The van der Waals surface area contributed by atoms with E-state index in [1.807, 2.05) is 0 Å². The highest BCUT2D eigenvalue weighted by molar-refractivity contribution is 6.44. The molecule has 0 saturated carbocycles. The molecule has 168 valence electrons. The summed E-state index contributed by atoms with van der Waals surface area (Å²) in [4.78, 5) is 48.9. The number of hydrazine groups is 1. The lowest BCUT2D eigenvalue weighted by Gasteiger charge is -2.18. The molecule has 3 rings (SSSR count). The van der Waals surface area contributed by atoms with Crippen LogP contribution < -0.4 is 10.7 Å². The number of hydrogen-bond donors (Lipinski definition) is 2. The molecule has 1 aliphatic heterocycles. The van der Waals surface area contributed by atoms with Crippen LogP contribution in [0.25, 0.3) is 0 Å². The Balaban J connectivity index is 1.51. The Bertz CT molecular complexity index is 1090. The van der Waals surface area contributed by atoms with E-state index in [-0.39, 0.29) is 39.3 Å². The summed E-state index contributed by atoms with van der Waals surface area (Å²) in [5, 5.41) is 4.37. The lowest BCUT2D eigenvalue weighted by atomic mass is 10.1. The number of ether oxygens (including phenoxy) is 1. The summed E-state index contributed by atoms with van der Waals surface area (Å²) in [5.41, 5.74) is 2.79. The van der Waals surface area contributed by atoms with Crippen LogP contribution >= 0.6 is 46.4 Å². The SMILES string of the molecule is O=C(COC(=O)[C@@H]1CC(=O)N(NC(=O)c2ccc(Cl)cc2Cl)C1)Nc1cccc(Cl)c1Cl. The molecule has 0 bridgehead atoms. The molecule has 1 atom stereocenters. The quantitative estimate of drug-likeness (QED) is 0.563. The van der Waals surface area contributed by atoms with E-state index in [9.17, 15) is 19.2 Å². The van der Waals surface area contributed by atoms with Crippen molar-refractivity contribution in [2.75, 3.05) is 18.5 Å². The van der Waals surface area contributed by atoms with E-state index < -0.39 is 36.2 Å². The number of rotatable bonds is 6. The summed E-state index contributed by atoms with van der Waals surface area (Å²) in [7, 11) is 0. The molecule has 0 aliphatic carbocycles. The molecule has 8 nitrogen and oxygen atoms in total. The first kappa shape index (κ1) is 24.1. The number of carbonyl (C=O) groups excluding carboxylic acids is 4. The highest BCUT2D eigenvalue weighted by Gasteiger charge is 2.37. The number of carbonyl (C=O) groups is 4. The summed E-state index contributed by atoms with van der Waals surface area (Å²) in [6, 6.07) is 8.98. The smallest absolute Gasteiger partial charge is 0.311 e. The molecular formula is C20H15Cl4N3O5. The number of amides is 3. The van der Waals surface area contributed by atoms with Crippen molar-refractivity contribution in [1.82, 2.24) is 10.4 Å². The van der Waals surface area contributed by atoms with Crippen LogP contribution in [0.5, 0.6) is 0 Å². The second-order valence-electron chi connectivity index (χ2n) is 6.73. The lowest BCUT2D eigenvalue weighted by Crippen LogP contribution is -2.43. The lowest BCUT2D eigenvalue weighted by molar-refractivity contribution is -0.151. The number of anilines is 1. The van der Waals surface area contributed by atoms with Crippen LogP contribution in [0.15, 0.2) is 36.4 Å². The minimum Gasteiger partial charge on any atom is -0.455 e. The Kier molecular flexibility index (Phi) is 7.84. The van der Waals surface area contributed by atoms with Gasteiger partial charge in [0.1, 0.15) is 0 Å². The third kappa shape index (κ3) is 5.83. The molecule has 12 heteroatoms. The van der Waals surface area contributed by atoms with E-state index in [0.29, 0.717) is 5.02 Å². The Morgan fingerprint density at radius 1 is 1.06 bits per heavy atom. The van der Waals surface area contributed by atoms with Crippen LogP contribution in [0.2, 0.25) is 20.1 Å². The zero-order valence-corrected chi connectivity index (χ0v) is 19.2. The van der Waals surface area contributed by atoms with E-state index in [2.05, 4.69) is 10.7 Å². The third-order valence-corrected chi connectivity index (χ3v) is 5.81. The first-order valence-electron chi connectivity index (χ1n) is 9.12. The second kappa shape index (κ2) is 10.4. The Morgan fingerprint density at radius 3 is 2.53 bits per heavy atom. The van der Waals surface area contributed by atoms with E-state index in [1.54, 1.807) is 12.1 Å². The van der Waals surface area contributed by atoms with Crippen molar-refractivity contribution < 1.29 is 23.9 Å². The normalized spacial score (nSPS) is 15.4. The minimum absolute atomic E-state index is 0.114. The maximum atomic E-state index is 12.4. The van der Waals surface area contributed by atoms with Gasteiger partial charge in [-0.15, -0.1) is 0 Å². The van der Waals surface area contributed by atoms with Gasteiger partial charge in [-0.3, -0.25) is 29.6 Å². The summed E-state index contributed by atoms with van der Waals surface area (Å²) in [6.07, 6.45) is -0.185. The van der Waals surface area contributed by atoms with Crippen LogP contribution in [-0.2, 0) is 19.1 Å². The zero-order chi connectivity index (χ0) is 23.4. The van der Waals surface area contributed by atoms with E-state index in [0.717, 1.165) is 5.01 Å². The van der Waals surface area contributed by atoms with E-state index in [1.165, 1.54) is 24.3 Å². The molecule has 2 N–H and O–H groups in total. The summed E-state index contributed by atoms with van der Waals surface area (Å²) < 4.78 is 4.99. The summed E-state index contributed by atoms with van der Waals surface area (Å²) >= 11 is 23.7. The van der Waals surface area contributed by atoms with Crippen molar-refractivity contribution >= 4 is 75.8 Å². The van der Waals surface area contributed by atoms with Crippen molar-refractivity contribution in [1.29, 1.82) is 0 Å². The monoisotopic (exact) mass is 517 g/mol. The number of benzene rings is 2. The number of esters is 1. The average Bonchev–Trinajstić information content (AvgIpc) is 3.10. The Morgan fingerprint density at radius 2 is 1.81 bits per heavy atom. The van der Waals surface area contributed by atoms with Crippen LogP contribution in [0.4, 0.5) is 5.69 Å². The van der Waals surface area contributed by atoms with Crippen LogP contribution in [0.1, 0.15) is 16.8 Å². The molecular weight excluding hydrogens is 504 g/mol. The predicted molar refractivity (Wildman–Crippen MR) is 120 cm³/mol. The van der Waals surface area contributed by atoms with Gasteiger partial charge in [0.2, 0.25) is 5.91 Å². The number of hydrogen-bond acceptors (Lipinski definition) is 5. The molecule has 0 aromatic heterocycles. The van der Waals surface area contributed by atoms with Gasteiger partial charge in [0.15, 0.2) is 6.61 Å². The average molecular weight is 519 g/mol. The fourth-order valence-electron chi connectivity index (χ4n) is 2.87. The molecule has 32 heavy (non-hydrogen) atoms. The fourth-order valence-corrected chi connectivity index (χ4v) is 3.71. The van der Waals surface area contributed by atoms with E-state index in [4.69, 9.17) is 51.1 Å². The van der Waals surface area contributed by atoms with Gasteiger partial charge < -0.3 is 10.1 Å². The molecule has 0 spiro atoms. The largest absolute Gasteiger partial charge is 0.455 e. The summed E-state index contributed by atoms with van der Waals surface area (Å²) in [5.74, 6) is -3.36. The van der Waals surface area contributed by atoms with Gasteiger partial charge in [-0.25, -0.2) is 0 Å². The van der Waals surface area contributed by atoms with Crippen molar-refractivity contribution in [3.05, 3.63) is 62.1 Å². The fraction of sp³-hybridized carbons (Fsp3) is 0.200. The molecule has 2 aromatic carbocycles. The topological polar surface area (TPSA) is 105 Å². The molecule has 0 radical (unpaired) electrons. The molecule has 1 fully saturated rings. The second-order valence-corrected chi connectivity index (χ2v) is 8.36. The third-order valence-electron chi connectivity index (χ3n) is 4.44. The predicted octanol–water partition coefficient (Wildman–Crippen LogP) is 3.98. The van der Waals surface area contributed by atoms with Crippen LogP contribution in [-0.4, -0.2) is 41.9 Å². The molecule has 1 saturated heterocycles. The van der Waals surface area contributed by atoms with Gasteiger partial charge in [-0.1, -0.05) is 52.5 Å². The van der Waals surface area contributed by atoms with Gasteiger partial charge >= 0.3 is 5.97 Å². The molecule has 1 aliphatic rings. The highest BCUT2D eigenvalue weighted by Crippen LogP contribution is 2.29. The Hall–Kier alpha value is -2.52. The standard InChI is InChI=1S/C20H15Cl4N3O5/c21-11-4-5-12(14(23)7-11)19(30)26-27-8-10(6-17(27)29)20(31)32-9-16(28)25-15-3-1-2-13(22)18(15)24/h1-5,7,10H,6,8-9H2,(H,25,28)(H,26,30)/t10-/m1/s1. The van der Waals surface area contributed by atoms with Gasteiger partial charge in [-0.05, 0) is 30.3 Å². The summed E-state index contributed by atoms with van der Waals surface area (Å²) in [6.45, 7) is -0.699. The number of nitrogens with one attached hydrogen (secondary N) is 2. The van der Waals surface area contributed by atoms with Crippen LogP contribution in [0, 0.1) is 5.92 Å².